The average Bonchev–Trinajstić information content (AvgIpc) is 2.78. The maximum absolute atomic E-state index is 13.4. The van der Waals surface area contributed by atoms with Crippen LogP contribution in [0.2, 0.25) is 0 Å². The minimum atomic E-state index is -4.98. The molecule has 0 saturated heterocycles. The van der Waals surface area contributed by atoms with Crippen molar-refractivity contribution in [2.75, 3.05) is 5.73 Å². The van der Waals surface area contributed by atoms with Gasteiger partial charge in [0.2, 0.25) is 0 Å². The lowest BCUT2D eigenvalue weighted by molar-refractivity contribution is -0.385. The number of azo groups is 1. The van der Waals surface area contributed by atoms with Crippen LogP contribution in [0.5, 0.6) is 0 Å². The average molecular weight is 508 g/mol. The number of nitrogens with two attached hydrogens (primary N) is 1. The monoisotopic (exact) mass is 508 g/mol. The summed E-state index contributed by atoms with van der Waals surface area (Å²) in [6, 6.07) is 8.13. The van der Waals surface area contributed by atoms with Gasteiger partial charge in [-0.25, -0.2) is 4.98 Å². The van der Waals surface area contributed by atoms with Crippen LogP contribution in [0.25, 0.3) is 0 Å². The van der Waals surface area contributed by atoms with Gasteiger partial charge in [0.25, 0.3) is 5.69 Å². The molecule has 2 aromatic carbocycles. The summed E-state index contributed by atoms with van der Waals surface area (Å²) in [7, 11) is 0. The Labute approximate surface area is 198 Å². The Morgan fingerprint density at radius 2 is 1.78 bits per heavy atom. The standard InChI is InChI=1S/C22H14F6N6O2/c1-11-15(10-29)18(8-12-3-2-4-13(7-12)21(23,24)25)31-20(30)19(11)33-32-17-6-5-14(34(35)36)9-16(17)22(26,27)28/h2-7,9H,8H2,1H3,(H2,30,31). The number of halogens is 6. The number of nitriles is 1. The van der Waals surface area contributed by atoms with Crippen molar-refractivity contribution in [3.05, 3.63) is 86.1 Å². The molecular weight excluding hydrogens is 494 g/mol. The predicted molar refractivity (Wildman–Crippen MR) is 115 cm³/mol. The summed E-state index contributed by atoms with van der Waals surface area (Å²) in [5.74, 6) is -0.326. The van der Waals surface area contributed by atoms with E-state index < -0.39 is 39.8 Å². The van der Waals surface area contributed by atoms with Gasteiger partial charge in [0.15, 0.2) is 5.82 Å². The number of nitrogen functional groups attached to an aromatic ring is 1. The lowest BCUT2D eigenvalue weighted by atomic mass is 10.00. The predicted octanol–water partition coefficient (Wildman–Crippen LogP) is 6.80. The number of hydrogen-bond donors (Lipinski definition) is 1. The molecule has 0 radical (unpaired) electrons. The fourth-order valence-electron chi connectivity index (χ4n) is 3.29. The molecule has 0 bridgehead atoms. The summed E-state index contributed by atoms with van der Waals surface area (Å²) < 4.78 is 79.2. The van der Waals surface area contributed by atoms with Gasteiger partial charge < -0.3 is 5.73 Å². The molecule has 0 aliphatic rings. The third kappa shape index (κ3) is 5.57. The van der Waals surface area contributed by atoms with Gasteiger partial charge in [-0.15, -0.1) is 10.2 Å². The fourth-order valence-corrected chi connectivity index (χ4v) is 3.29. The fraction of sp³-hybridized carbons (Fsp3) is 0.182. The van der Waals surface area contributed by atoms with E-state index in [1.165, 1.54) is 19.1 Å². The second kappa shape index (κ2) is 9.61. The van der Waals surface area contributed by atoms with E-state index in [-0.39, 0.29) is 40.3 Å². The molecule has 3 aromatic rings. The number of hydrogen-bond acceptors (Lipinski definition) is 7. The van der Waals surface area contributed by atoms with E-state index in [9.17, 15) is 41.7 Å². The largest absolute Gasteiger partial charge is 0.418 e. The van der Waals surface area contributed by atoms with E-state index in [1.54, 1.807) is 0 Å². The number of nitrogens with zero attached hydrogens (tertiary/aromatic N) is 5. The molecule has 0 aliphatic carbocycles. The van der Waals surface area contributed by atoms with Gasteiger partial charge in [-0.2, -0.15) is 31.6 Å². The molecule has 0 aliphatic heterocycles. The van der Waals surface area contributed by atoms with Crippen molar-refractivity contribution >= 4 is 22.9 Å². The molecule has 36 heavy (non-hydrogen) atoms. The van der Waals surface area contributed by atoms with Crippen molar-refractivity contribution in [1.82, 2.24) is 4.98 Å². The third-order valence-electron chi connectivity index (χ3n) is 5.01. The number of anilines is 1. The summed E-state index contributed by atoms with van der Waals surface area (Å²) in [5.41, 5.74) is 2.05. The maximum atomic E-state index is 13.4. The highest BCUT2D eigenvalue weighted by Crippen LogP contribution is 2.40. The quantitative estimate of drug-likeness (QED) is 0.175. The number of nitro groups is 1. The Morgan fingerprint density at radius 3 is 2.36 bits per heavy atom. The minimum Gasteiger partial charge on any atom is -0.382 e. The highest BCUT2D eigenvalue weighted by molar-refractivity contribution is 5.68. The number of aromatic nitrogens is 1. The highest BCUT2D eigenvalue weighted by atomic mass is 19.4. The minimum absolute atomic E-state index is 0.0390. The number of nitro benzene ring substituents is 1. The molecule has 0 unspecified atom stereocenters. The topological polar surface area (TPSA) is 131 Å². The van der Waals surface area contributed by atoms with Crippen LogP contribution in [0.4, 0.5) is 49.2 Å². The van der Waals surface area contributed by atoms with E-state index in [0.29, 0.717) is 6.07 Å². The summed E-state index contributed by atoms with van der Waals surface area (Å²) in [6.45, 7) is 1.38. The van der Waals surface area contributed by atoms with Crippen LogP contribution >= 0.6 is 0 Å². The second-order valence-electron chi connectivity index (χ2n) is 7.44. The summed E-state index contributed by atoms with van der Waals surface area (Å²) in [4.78, 5) is 13.9. The second-order valence-corrected chi connectivity index (χ2v) is 7.44. The smallest absolute Gasteiger partial charge is 0.382 e. The van der Waals surface area contributed by atoms with E-state index >= 15 is 0 Å². The van der Waals surface area contributed by atoms with Gasteiger partial charge in [-0.1, -0.05) is 18.2 Å². The first-order valence-corrected chi connectivity index (χ1v) is 9.85. The summed E-state index contributed by atoms with van der Waals surface area (Å²) in [5, 5.41) is 27.6. The van der Waals surface area contributed by atoms with Gasteiger partial charge in [0.05, 0.1) is 33.0 Å². The molecule has 1 aromatic heterocycles. The van der Waals surface area contributed by atoms with Gasteiger partial charge >= 0.3 is 12.4 Å². The van der Waals surface area contributed by atoms with Crippen LogP contribution in [0.15, 0.2) is 52.7 Å². The molecule has 186 valence electrons. The number of pyridine rings is 1. The third-order valence-corrected chi connectivity index (χ3v) is 5.01. The van der Waals surface area contributed by atoms with Crippen molar-refractivity contribution in [3.63, 3.8) is 0 Å². The molecule has 1 heterocycles. The van der Waals surface area contributed by atoms with Crippen LogP contribution in [-0.4, -0.2) is 9.91 Å². The molecule has 8 nitrogen and oxygen atoms in total. The van der Waals surface area contributed by atoms with Gasteiger partial charge in [-0.3, -0.25) is 10.1 Å². The molecule has 0 atom stereocenters. The first kappa shape index (κ1) is 26.1. The zero-order valence-electron chi connectivity index (χ0n) is 18.1. The van der Waals surface area contributed by atoms with Crippen LogP contribution in [-0.2, 0) is 18.8 Å². The molecule has 0 fully saturated rings. The van der Waals surface area contributed by atoms with Crippen LogP contribution in [0.3, 0.4) is 0 Å². The zero-order valence-corrected chi connectivity index (χ0v) is 18.1. The van der Waals surface area contributed by atoms with Crippen LogP contribution in [0, 0.1) is 28.4 Å². The Morgan fingerprint density at radius 1 is 1.08 bits per heavy atom. The lowest BCUT2D eigenvalue weighted by Gasteiger charge is -2.13. The molecule has 0 spiro atoms. The summed E-state index contributed by atoms with van der Waals surface area (Å²) >= 11 is 0. The number of alkyl halides is 6. The number of non-ortho nitro benzene ring substituents is 1. The highest BCUT2D eigenvalue weighted by Gasteiger charge is 2.35. The van der Waals surface area contributed by atoms with Crippen LogP contribution in [0.1, 0.15) is 33.5 Å². The molecular formula is C22H14F6N6O2. The van der Waals surface area contributed by atoms with Crippen molar-refractivity contribution in [3.8, 4) is 6.07 Å². The van der Waals surface area contributed by atoms with E-state index in [4.69, 9.17) is 5.73 Å². The van der Waals surface area contributed by atoms with E-state index in [2.05, 4.69) is 15.2 Å². The molecule has 0 amide bonds. The van der Waals surface area contributed by atoms with Gasteiger partial charge in [-0.05, 0) is 30.2 Å². The Balaban J connectivity index is 2.03. The molecule has 0 saturated carbocycles. The van der Waals surface area contributed by atoms with Crippen molar-refractivity contribution < 1.29 is 31.3 Å². The van der Waals surface area contributed by atoms with Crippen LogP contribution < -0.4 is 5.73 Å². The lowest BCUT2D eigenvalue weighted by Crippen LogP contribution is -2.07. The maximum Gasteiger partial charge on any atom is 0.418 e. The normalized spacial score (nSPS) is 12.1. The Bertz CT molecular complexity index is 1410. The SMILES string of the molecule is Cc1c(C#N)c(Cc2cccc(C(F)(F)F)c2)nc(N)c1N=Nc1ccc([N+](=O)[O-])cc1C(F)(F)F. The molecule has 14 heteroatoms. The van der Waals surface area contributed by atoms with E-state index in [1.807, 2.05) is 6.07 Å². The Hall–Kier alpha value is -4.54. The van der Waals surface area contributed by atoms with Crippen molar-refractivity contribution in [2.45, 2.75) is 25.7 Å². The molecule has 3 rings (SSSR count). The van der Waals surface area contributed by atoms with E-state index in [0.717, 1.165) is 24.3 Å². The Kier molecular flexibility index (Phi) is 6.96. The first-order chi connectivity index (χ1) is 16.7. The van der Waals surface area contributed by atoms with Crippen molar-refractivity contribution in [1.29, 1.82) is 5.26 Å². The first-order valence-electron chi connectivity index (χ1n) is 9.85. The number of benzene rings is 2. The number of rotatable bonds is 5. The zero-order chi connectivity index (χ0) is 26.8. The summed E-state index contributed by atoms with van der Waals surface area (Å²) in [6.07, 6.45) is -9.74. The van der Waals surface area contributed by atoms with Crippen molar-refractivity contribution in [2.24, 2.45) is 10.2 Å². The van der Waals surface area contributed by atoms with Gasteiger partial charge in [0, 0.05) is 18.6 Å². The van der Waals surface area contributed by atoms with Gasteiger partial charge in [0.1, 0.15) is 11.8 Å². The molecule has 2 N–H and O–H groups in total.